The van der Waals surface area contributed by atoms with Crippen LogP contribution in [-0.2, 0) is 4.74 Å². The topological polar surface area (TPSA) is 96.9 Å². The van der Waals surface area contributed by atoms with Crippen molar-refractivity contribution in [3.05, 3.63) is 60.8 Å². The maximum atomic E-state index is 15.4. The lowest BCUT2D eigenvalue weighted by atomic mass is 9.81. The van der Waals surface area contributed by atoms with E-state index in [1.54, 1.807) is 38.6 Å². The zero-order valence-corrected chi connectivity index (χ0v) is 26.6. The molecule has 2 N–H and O–H groups in total. The van der Waals surface area contributed by atoms with Crippen molar-refractivity contribution >= 4 is 33.9 Å². The molecule has 1 unspecified atom stereocenters. The summed E-state index contributed by atoms with van der Waals surface area (Å²) in [5.74, 6) is 2.55. The monoisotopic (exact) mass is 615 g/mol. The van der Waals surface area contributed by atoms with E-state index in [0.717, 1.165) is 62.3 Å². The van der Waals surface area contributed by atoms with E-state index in [0.29, 0.717) is 34.6 Å². The number of anilines is 4. The third-order valence-electron chi connectivity index (χ3n) is 8.92. The molecule has 11 heteroatoms. The Labute approximate surface area is 263 Å². The van der Waals surface area contributed by atoms with Crippen molar-refractivity contribution in [1.29, 1.82) is 0 Å². The van der Waals surface area contributed by atoms with E-state index in [-0.39, 0.29) is 17.2 Å². The van der Waals surface area contributed by atoms with Gasteiger partial charge in [-0.05, 0) is 63.7 Å². The van der Waals surface area contributed by atoms with E-state index < -0.39 is 5.82 Å². The lowest BCUT2D eigenvalue weighted by Gasteiger charge is -2.44. The Balaban J connectivity index is 1.18. The standard InChI is InChI=1S/C34H42FN7O3/c1-34(2)20-42(15-11-31(34)44-5)32-17-24(8-12-36-32)45-23-6-7-27(26(35)16-23)40-33-25-18-29(39-22-9-13-41(3)14-10-22)30(43-4)19-28(25)37-21-38-33/h6-8,12,16-19,21-22,31,39H,9-11,13-15,20H2,1-5H3,(H,37,38,40). The molecule has 2 aromatic carbocycles. The molecule has 238 valence electrons. The molecule has 10 nitrogen and oxygen atoms in total. The van der Waals surface area contributed by atoms with Crippen LogP contribution in [0, 0.1) is 11.2 Å². The predicted octanol–water partition coefficient (Wildman–Crippen LogP) is 6.47. The van der Waals surface area contributed by atoms with Crippen LogP contribution in [-0.4, -0.2) is 79.4 Å². The molecule has 0 saturated carbocycles. The van der Waals surface area contributed by atoms with Crippen LogP contribution in [0.25, 0.3) is 10.9 Å². The summed E-state index contributed by atoms with van der Waals surface area (Å²) in [5, 5.41) is 7.57. The first-order chi connectivity index (χ1) is 21.7. The Morgan fingerprint density at radius 3 is 2.44 bits per heavy atom. The maximum absolute atomic E-state index is 15.4. The molecule has 0 amide bonds. The maximum Gasteiger partial charge on any atom is 0.150 e. The van der Waals surface area contributed by atoms with Crippen LogP contribution >= 0.6 is 0 Å². The first-order valence-electron chi connectivity index (χ1n) is 15.5. The first-order valence-corrected chi connectivity index (χ1v) is 15.5. The van der Waals surface area contributed by atoms with Crippen molar-refractivity contribution in [3.63, 3.8) is 0 Å². The number of rotatable bonds is 9. The summed E-state index contributed by atoms with van der Waals surface area (Å²) in [4.78, 5) is 18.0. The first kappa shape index (κ1) is 30.8. The highest BCUT2D eigenvalue weighted by atomic mass is 19.1. The summed E-state index contributed by atoms with van der Waals surface area (Å²) in [6.07, 6.45) is 6.39. The Hall–Kier alpha value is -4.22. The zero-order valence-electron chi connectivity index (χ0n) is 26.6. The number of hydrogen-bond acceptors (Lipinski definition) is 10. The second kappa shape index (κ2) is 13.0. The minimum absolute atomic E-state index is 0.0106. The van der Waals surface area contributed by atoms with E-state index in [2.05, 4.69) is 56.3 Å². The lowest BCUT2D eigenvalue weighted by molar-refractivity contribution is -0.00643. The number of benzene rings is 2. The Morgan fingerprint density at radius 2 is 1.71 bits per heavy atom. The number of hydrogen-bond donors (Lipinski definition) is 2. The van der Waals surface area contributed by atoms with Gasteiger partial charge in [-0.3, -0.25) is 0 Å². The van der Waals surface area contributed by atoms with Crippen molar-refractivity contribution in [2.45, 2.75) is 45.3 Å². The molecule has 45 heavy (non-hydrogen) atoms. The summed E-state index contributed by atoms with van der Waals surface area (Å²) in [6.45, 7) is 8.15. The number of fused-ring (bicyclic) bond motifs is 1. The number of nitrogens with zero attached hydrogens (tertiary/aromatic N) is 5. The number of ether oxygens (including phenoxy) is 3. The van der Waals surface area contributed by atoms with Gasteiger partial charge in [0.05, 0.1) is 30.1 Å². The van der Waals surface area contributed by atoms with Crippen LogP contribution in [0.3, 0.4) is 0 Å². The van der Waals surface area contributed by atoms with Gasteiger partial charge in [-0.1, -0.05) is 13.8 Å². The molecule has 1 atom stereocenters. The number of aromatic nitrogens is 3. The SMILES string of the molecule is COc1cc2ncnc(Nc3ccc(Oc4ccnc(N5CCC(OC)C(C)(C)C5)c4)cc3F)c2cc1NC1CCN(C)CC1. The van der Waals surface area contributed by atoms with E-state index in [1.165, 1.54) is 12.4 Å². The molecule has 2 fully saturated rings. The van der Waals surface area contributed by atoms with E-state index in [9.17, 15) is 0 Å². The van der Waals surface area contributed by atoms with Gasteiger partial charge in [0.2, 0.25) is 0 Å². The number of nitrogens with one attached hydrogen (secondary N) is 2. The average Bonchev–Trinajstić information content (AvgIpc) is 3.03. The number of methoxy groups -OCH3 is 2. The minimum Gasteiger partial charge on any atom is -0.495 e. The summed E-state index contributed by atoms with van der Waals surface area (Å²) in [7, 11) is 5.56. The van der Waals surface area contributed by atoms with Gasteiger partial charge in [0.15, 0.2) is 0 Å². The molecule has 2 aromatic heterocycles. The number of likely N-dealkylation sites (tertiary alicyclic amines) is 1. The van der Waals surface area contributed by atoms with Crippen molar-refractivity contribution < 1.29 is 18.6 Å². The lowest BCUT2D eigenvalue weighted by Crippen LogP contribution is -2.49. The fraction of sp³-hybridized carbons (Fsp3) is 0.441. The third kappa shape index (κ3) is 6.89. The van der Waals surface area contributed by atoms with Gasteiger partial charge in [-0.25, -0.2) is 19.3 Å². The Kier molecular flexibility index (Phi) is 8.91. The van der Waals surface area contributed by atoms with E-state index in [4.69, 9.17) is 14.2 Å². The second-order valence-corrected chi connectivity index (χ2v) is 12.7. The predicted molar refractivity (Wildman–Crippen MR) is 176 cm³/mol. The zero-order chi connectivity index (χ0) is 31.6. The molecule has 4 aromatic rings. The van der Waals surface area contributed by atoms with E-state index >= 15 is 4.39 Å². The summed E-state index contributed by atoms with van der Waals surface area (Å²) in [6, 6.07) is 12.6. The van der Waals surface area contributed by atoms with Gasteiger partial charge in [0.1, 0.15) is 41.0 Å². The summed E-state index contributed by atoms with van der Waals surface area (Å²) < 4.78 is 32.9. The van der Waals surface area contributed by atoms with Crippen molar-refractivity contribution in [1.82, 2.24) is 19.9 Å². The summed E-state index contributed by atoms with van der Waals surface area (Å²) >= 11 is 0. The van der Waals surface area contributed by atoms with Crippen LogP contribution in [0.4, 0.5) is 27.4 Å². The third-order valence-corrected chi connectivity index (χ3v) is 8.92. The van der Waals surface area contributed by atoms with Crippen molar-refractivity contribution in [2.24, 2.45) is 5.41 Å². The molecule has 2 aliphatic heterocycles. The molecular formula is C34H42FN7O3. The van der Waals surface area contributed by atoms with Crippen LogP contribution in [0.15, 0.2) is 55.0 Å². The highest BCUT2D eigenvalue weighted by Gasteiger charge is 2.36. The largest absolute Gasteiger partial charge is 0.495 e. The van der Waals surface area contributed by atoms with E-state index in [1.807, 2.05) is 18.2 Å². The Morgan fingerprint density at radius 1 is 0.911 bits per heavy atom. The molecule has 0 aliphatic carbocycles. The van der Waals surface area contributed by atoms with Crippen molar-refractivity contribution in [2.75, 3.05) is 63.0 Å². The highest BCUT2D eigenvalue weighted by Crippen LogP contribution is 2.37. The number of piperidine rings is 2. The second-order valence-electron chi connectivity index (χ2n) is 12.7. The minimum atomic E-state index is -0.463. The molecule has 0 spiro atoms. The molecule has 4 heterocycles. The van der Waals surface area contributed by atoms with Crippen LogP contribution in [0.1, 0.15) is 33.1 Å². The normalized spacial score (nSPS) is 19.0. The quantitative estimate of drug-likeness (QED) is 0.218. The van der Waals surface area contributed by atoms with Crippen LogP contribution in [0.2, 0.25) is 0 Å². The van der Waals surface area contributed by atoms with Gasteiger partial charge in [-0.2, -0.15) is 0 Å². The highest BCUT2D eigenvalue weighted by molar-refractivity contribution is 5.95. The van der Waals surface area contributed by atoms with Crippen molar-refractivity contribution in [3.8, 4) is 17.2 Å². The van der Waals surface area contributed by atoms with Crippen LogP contribution in [0.5, 0.6) is 17.2 Å². The molecule has 2 aliphatic rings. The summed E-state index contributed by atoms with van der Waals surface area (Å²) in [5.41, 5.74) is 1.83. The number of halogens is 1. The van der Waals surface area contributed by atoms with Gasteiger partial charge in [0, 0.05) is 61.4 Å². The van der Waals surface area contributed by atoms with Gasteiger partial charge >= 0.3 is 0 Å². The van der Waals surface area contributed by atoms with Crippen LogP contribution < -0.4 is 25.0 Å². The fourth-order valence-electron chi connectivity index (χ4n) is 6.37. The van der Waals surface area contributed by atoms with Gasteiger partial charge in [-0.15, -0.1) is 0 Å². The van der Waals surface area contributed by atoms with Gasteiger partial charge in [0.25, 0.3) is 0 Å². The Bertz CT molecular complexity index is 1640. The molecule has 0 bridgehead atoms. The average molecular weight is 616 g/mol. The fourth-order valence-corrected chi connectivity index (χ4v) is 6.37. The molecule has 6 rings (SSSR count). The smallest absolute Gasteiger partial charge is 0.150 e. The molecule has 2 saturated heterocycles. The van der Waals surface area contributed by atoms with Gasteiger partial charge < -0.3 is 34.6 Å². The number of pyridine rings is 1. The molecular weight excluding hydrogens is 573 g/mol. The molecule has 0 radical (unpaired) electrons.